The zero-order chi connectivity index (χ0) is 20.8. The van der Waals surface area contributed by atoms with Crippen molar-refractivity contribution in [2.24, 2.45) is 5.92 Å². The van der Waals surface area contributed by atoms with Gasteiger partial charge in [-0.1, -0.05) is 12.5 Å². The summed E-state index contributed by atoms with van der Waals surface area (Å²) < 4.78 is 3.91. The molecule has 31 heavy (non-hydrogen) atoms. The van der Waals surface area contributed by atoms with Crippen molar-refractivity contribution >= 4 is 5.65 Å². The first kappa shape index (κ1) is 19.2. The Labute approximate surface area is 182 Å². The van der Waals surface area contributed by atoms with Gasteiger partial charge in [0.15, 0.2) is 5.65 Å². The SMILES string of the molecule is O=c1c(CN2CCCCC2)ccc2n1C[C@H]1C[C@@H]2CN(Cc2ccn3ncnc3c2)C1. The van der Waals surface area contributed by atoms with Gasteiger partial charge in [0.05, 0.1) is 0 Å². The van der Waals surface area contributed by atoms with Crippen molar-refractivity contribution in [3.63, 3.8) is 0 Å². The minimum atomic E-state index is 0.253. The Morgan fingerprint density at radius 3 is 2.77 bits per heavy atom. The van der Waals surface area contributed by atoms with Gasteiger partial charge >= 0.3 is 0 Å². The predicted molar refractivity (Wildman–Crippen MR) is 119 cm³/mol. The lowest BCUT2D eigenvalue weighted by Gasteiger charge is -2.43. The fourth-order valence-electron chi connectivity index (χ4n) is 5.91. The Kier molecular flexibility index (Phi) is 4.88. The Bertz CT molecular complexity index is 1140. The maximum atomic E-state index is 13.3. The van der Waals surface area contributed by atoms with Crippen LogP contribution in [0.1, 0.15) is 48.4 Å². The lowest BCUT2D eigenvalue weighted by molar-refractivity contribution is 0.114. The van der Waals surface area contributed by atoms with E-state index in [1.165, 1.54) is 36.9 Å². The smallest absolute Gasteiger partial charge is 0.255 e. The van der Waals surface area contributed by atoms with Crippen molar-refractivity contribution in [2.45, 2.75) is 51.2 Å². The highest BCUT2D eigenvalue weighted by molar-refractivity contribution is 5.39. The number of hydrogen-bond donors (Lipinski definition) is 0. The summed E-state index contributed by atoms with van der Waals surface area (Å²) >= 11 is 0. The van der Waals surface area contributed by atoms with Crippen molar-refractivity contribution < 1.29 is 0 Å². The van der Waals surface area contributed by atoms with E-state index in [4.69, 9.17) is 0 Å². The molecule has 0 radical (unpaired) electrons. The van der Waals surface area contributed by atoms with Crippen LogP contribution in [0.25, 0.3) is 5.65 Å². The number of likely N-dealkylation sites (tertiary alicyclic amines) is 2. The number of hydrogen-bond acceptors (Lipinski definition) is 5. The third-order valence-corrected chi connectivity index (χ3v) is 7.35. The Morgan fingerprint density at radius 1 is 0.968 bits per heavy atom. The summed E-state index contributed by atoms with van der Waals surface area (Å²) in [6.07, 6.45) is 8.63. The van der Waals surface area contributed by atoms with Gasteiger partial charge in [-0.2, -0.15) is 5.10 Å². The molecule has 2 atom stereocenters. The second-order valence-electron chi connectivity index (χ2n) is 9.63. The summed E-state index contributed by atoms with van der Waals surface area (Å²) in [6, 6.07) is 8.62. The molecule has 3 aromatic heterocycles. The van der Waals surface area contributed by atoms with E-state index < -0.39 is 0 Å². The standard InChI is InChI=1S/C24H30N6O/c31-24-20(15-27-7-2-1-3-8-27)4-5-22-21-10-19(14-29(22)24)13-28(16-21)12-18-6-9-30-23(11-18)25-17-26-30/h4-6,9,11,17,19,21H,1-3,7-8,10,12-16H2/t19-,21+/m0/s1. The van der Waals surface area contributed by atoms with E-state index in [0.29, 0.717) is 11.8 Å². The average molecular weight is 419 g/mol. The fourth-order valence-corrected chi connectivity index (χ4v) is 5.91. The van der Waals surface area contributed by atoms with Crippen molar-refractivity contribution in [2.75, 3.05) is 26.2 Å². The van der Waals surface area contributed by atoms with Crippen LogP contribution in [0.4, 0.5) is 0 Å². The van der Waals surface area contributed by atoms with Crippen LogP contribution in [0.2, 0.25) is 0 Å². The molecule has 7 nitrogen and oxygen atoms in total. The van der Waals surface area contributed by atoms with Crippen LogP contribution in [0.5, 0.6) is 0 Å². The van der Waals surface area contributed by atoms with Crippen LogP contribution in [-0.4, -0.2) is 55.1 Å². The quantitative estimate of drug-likeness (QED) is 0.652. The summed E-state index contributed by atoms with van der Waals surface area (Å²) in [7, 11) is 0. The summed E-state index contributed by atoms with van der Waals surface area (Å²) in [6.45, 7) is 6.91. The highest BCUT2D eigenvalue weighted by Crippen LogP contribution is 2.35. The van der Waals surface area contributed by atoms with E-state index in [2.05, 4.69) is 48.7 Å². The molecular formula is C24H30N6O. The second-order valence-corrected chi connectivity index (χ2v) is 9.63. The molecule has 0 unspecified atom stereocenters. The Morgan fingerprint density at radius 2 is 1.87 bits per heavy atom. The lowest BCUT2D eigenvalue weighted by Crippen LogP contribution is -2.47. The van der Waals surface area contributed by atoms with Gasteiger partial charge in [0.2, 0.25) is 0 Å². The van der Waals surface area contributed by atoms with Crippen LogP contribution in [0, 0.1) is 5.92 Å². The van der Waals surface area contributed by atoms with Gasteiger partial charge in [0.1, 0.15) is 6.33 Å². The zero-order valence-corrected chi connectivity index (χ0v) is 18.0. The molecule has 3 aliphatic heterocycles. The third-order valence-electron chi connectivity index (χ3n) is 7.35. The topological polar surface area (TPSA) is 58.7 Å². The van der Waals surface area contributed by atoms with Crippen LogP contribution in [-0.2, 0) is 19.6 Å². The first-order valence-electron chi connectivity index (χ1n) is 11.7. The number of pyridine rings is 2. The molecule has 6 heterocycles. The number of rotatable bonds is 4. The van der Waals surface area contributed by atoms with Crippen LogP contribution >= 0.6 is 0 Å². The number of aromatic nitrogens is 4. The molecule has 0 N–H and O–H groups in total. The second kappa shape index (κ2) is 7.88. The highest BCUT2D eigenvalue weighted by Gasteiger charge is 2.35. The molecule has 2 bridgehead atoms. The van der Waals surface area contributed by atoms with E-state index >= 15 is 0 Å². The Hall–Kier alpha value is -2.51. The molecular weight excluding hydrogens is 388 g/mol. The molecule has 2 saturated heterocycles. The van der Waals surface area contributed by atoms with E-state index in [1.807, 2.05) is 6.20 Å². The fraction of sp³-hybridized carbons (Fsp3) is 0.542. The largest absolute Gasteiger partial charge is 0.312 e. The molecule has 0 aromatic carbocycles. The monoisotopic (exact) mass is 418 g/mol. The molecule has 0 spiro atoms. The van der Waals surface area contributed by atoms with E-state index in [9.17, 15) is 4.79 Å². The predicted octanol–water partition coefficient (Wildman–Crippen LogP) is 2.50. The van der Waals surface area contributed by atoms with Gasteiger partial charge in [-0.25, -0.2) is 9.50 Å². The summed E-state index contributed by atoms with van der Waals surface area (Å²) in [5.41, 5.74) is 4.64. The van der Waals surface area contributed by atoms with Crippen molar-refractivity contribution in [1.82, 2.24) is 29.0 Å². The summed E-state index contributed by atoms with van der Waals surface area (Å²) in [5, 5.41) is 4.19. The normalized spacial score (nSPS) is 24.4. The van der Waals surface area contributed by atoms with Gasteiger partial charge < -0.3 is 4.57 Å². The minimum absolute atomic E-state index is 0.253. The summed E-state index contributed by atoms with van der Waals surface area (Å²) in [5.74, 6) is 0.993. The minimum Gasteiger partial charge on any atom is -0.312 e. The van der Waals surface area contributed by atoms with E-state index in [1.54, 1.807) is 10.8 Å². The Balaban J connectivity index is 1.20. The first-order valence-corrected chi connectivity index (χ1v) is 11.7. The number of piperidine rings is 2. The molecule has 0 saturated carbocycles. The molecule has 3 aromatic rings. The van der Waals surface area contributed by atoms with Crippen LogP contribution in [0.15, 0.2) is 41.6 Å². The molecule has 0 amide bonds. The molecule has 6 rings (SSSR count). The van der Waals surface area contributed by atoms with Gasteiger partial charge in [-0.05, 0) is 62.0 Å². The third kappa shape index (κ3) is 3.70. The van der Waals surface area contributed by atoms with E-state index in [-0.39, 0.29) is 5.56 Å². The average Bonchev–Trinajstić information content (AvgIpc) is 3.25. The lowest BCUT2D eigenvalue weighted by atomic mass is 9.83. The maximum absolute atomic E-state index is 13.3. The van der Waals surface area contributed by atoms with Crippen molar-refractivity contribution in [3.8, 4) is 0 Å². The molecule has 3 aliphatic rings. The first-order chi connectivity index (χ1) is 15.2. The maximum Gasteiger partial charge on any atom is 0.255 e. The number of nitrogens with zero attached hydrogens (tertiary/aromatic N) is 6. The van der Waals surface area contributed by atoms with E-state index in [0.717, 1.165) is 57.0 Å². The summed E-state index contributed by atoms with van der Waals surface area (Å²) in [4.78, 5) is 22.6. The van der Waals surface area contributed by atoms with Crippen LogP contribution < -0.4 is 5.56 Å². The van der Waals surface area contributed by atoms with Crippen molar-refractivity contribution in [1.29, 1.82) is 0 Å². The van der Waals surface area contributed by atoms with Gasteiger partial charge in [-0.15, -0.1) is 0 Å². The van der Waals surface area contributed by atoms with Gasteiger partial charge in [0, 0.05) is 56.1 Å². The number of fused-ring (bicyclic) bond motifs is 5. The van der Waals surface area contributed by atoms with Gasteiger partial charge in [-0.3, -0.25) is 14.6 Å². The molecule has 162 valence electrons. The van der Waals surface area contributed by atoms with Crippen LogP contribution in [0.3, 0.4) is 0 Å². The highest BCUT2D eigenvalue weighted by atomic mass is 16.1. The van der Waals surface area contributed by atoms with Gasteiger partial charge in [0.25, 0.3) is 5.56 Å². The molecule has 2 fully saturated rings. The zero-order valence-electron chi connectivity index (χ0n) is 18.0. The van der Waals surface area contributed by atoms with Crippen molar-refractivity contribution in [3.05, 3.63) is 64.0 Å². The molecule has 7 heteroatoms. The molecule has 0 aliphatic carbocycles.